The van der Waals surface area contributed by atoms with Crippen molar-refractivity contribution in [2.75, 3.05) is 12.9 Å². The number of esters is 1. The van der Waals surface area contributed by atoms with E-state index in [-0.39, 0.29) is 22.6 Å². The van der Waals surface area contributed by atoms with Crippen LogP contribution in [-0.4, -0.2) is 45.3 Å². The van der Waals surface area contributed by atoms with Crippen molar-refractivity contribution in [2.45, 2.75) is 31.7 Å². The second kappa shape index (κ2) is 8.02. The van der Waals surface area contributed by atoms with Gasteiger partial charge in [0.15, 0.2) is 5.69 Å². The van der Waals surface area contributed by atoms with Crippen molar-refractivity contribution in [2.24, 2.45) is 0 Å². The Labute approximate surface area is 174 Å². The number of nitrogens with one attached hydrogen (secondary N) is 1. The average molecular weight is 435 g/mol. The van der Waals surface area contributed by atoms with Crippen molar-refractivity contribution < 1.29 is 23.8 Å². The number of hydrogen-bond acceptors (Lipinski definition) is 6. The topological polar surface area (TPSA) is 111 Å². The predicted octanol–water partition coefficient (Wildman–Crippen LogP) is 1.75. The number of nitrogens with zero attached hydrogens (tertiary/aromatic N) is 2. The molecule has 0 bridgehead atoms. The zero-order chi connectivity index (χ0) is 22.2. The maximum absolute atomic E-state index is 13.5. The fraction of sp³-hybridized carbons (Fsp3) is 0.350. The first-order valence-corrected chi connectivity index (χ1v) is 10.6. The van der Waals surface area contributed by atoms with Gasteiger partial charge in [-0.2, -0.15) is 10.5 Å². The van der Waals surface area contributed by atoms with Gasteiger partial charge in [0.25, 0.3) is 11.5 Å². The van der Waals surface area contributed by atoms with Gasteiger partial charge in [-0.25, -0.2) is 14.2 Å². The van der Waals surface area contributed by atoms with Crippen molar-refractivity contribution in [1.82, 2.24) is 14.9 Å². The Bertz CT molecular complexity index is 1130. The number of carbonyl (C=O) groups excluding carboxylic acids is 2. The molecule has 1 atom stereocenters. The largest absolute Gasteiger partial charge is 0.501 e. The minimum atomic E-state index is -0.793. The molecule has 1 aromatic heterocycles. The van der Waals surface area contributed by atoms with E-state index >= 15 is 0 Å². The molecule has 1 aliphatic heterocycles. The zero-order valence-electron chi connectivity index (χ0n) is 16.8. The van der Waals surface area contributed by atoms with E-state index in [1.54, 1.807) is 0 Å². The number of aromatic nitrogens is 2. The molecule has 0 spiro atoms. The number of ether oxygens (including phenoxy) is 1. The molecule has 3 rings (SSSR count). The quantitative estimate of drug-likeness (QED) is 0.559. The normalized spacial score (nSPS) is 17.1. The van der Waals surface area contributed by atoms with Gasteiger partial charge < -0.3 is 15.2 Å². The molecule has 0 radical (unpaired) electrons. The Morgan fingerprint density at radius 3 is 2.80 bits per heavy atom. The molecule has 2 heterocycles. The van der Waals surface area contributed by atoms with Gasteiger partial charge in [0.2, 0.25) is 5.75 Å². The second-order valence-electron chi connectivity index (χ2n) is 7.27. The number of methoxy groups -OCH3 is 1. The van der Waals surface area contributed by atoms with Crippen molar-refractivity contribution in [3.63, 3.8) is 0 Å². The molecule has 30 heavy (non-hydrogen) atoms. The Balaban J connectivity index is 1.94. The van der Waals surface area contributed by atoms with Gasteiger partial charge in [-0.1, -0.05) is 11.9 Å². The molecule has 8 nitrogen and oxygen atoms in total. The van der Waals surface area contributed by atoms with E-state index in [0.717, 1.165) is 19.2 Å². The Morgan fingerprint density at radius 1 is 1.43 bits per heavy atom. The fourth-order valence-electron chi connectivity index (χ4n) is 3.22. The van der Waals surface area contributed by atoms with Crippen LogP contribution in [-0.2, 0) is 22.6 Å². The summed E-state index contributed by atoms with van der Waals surface area (Å²) in [5, 5.41) is 12.8. The van der Waals surface area contributed by atoms with Crippen molar-refractivity contribution in [3.05, 3.63) is 57.0 Å². The molecule has 160 valence electrons. The summed E-state index contributed by atoms with van der Waals surface area (Å²) in [7, 11) is 0.847. The molecule has 1 unspecified atom stereocenters. The fourth-order valence-corrected chi connectivity index (χ4v) is 4.54. The van der Waals surface area contributed by atoms with E-state index in [0.29, 0.717) is 23.7 Å². The van der Waals surface area contributed by atoms with Crippen LogP contribution < -0.4 is 10.9 Å². The molecule has 1 aliphatic rings. The minimum Gasteiger partial charge on any atom is -0.501 e. The molecule has 0 saturated heterocycles. The van der Waals surface area contributed by atoms with Crippen LogP contribution in [0.3, 0.4) is 0 Å². The highest BCUT2D eigenvalue weighted by Crippen LogP contribution is 2.42. The Kier molecular flexibility index (Phi) is 5.80. The van der Waals surface area contributed by atoms with Crippen molar-refractivity contribution in [1.29, 1.82) is 0 Å². The lowest BCUT2D eigenvalue weighted by molar-refractivity contribution is 0.0598. The third-order valence-corrected chi connectivity index (χ3v) is 7.40. The van der Waals surface area contributed by atoms with E-state index in [1.165, 1.54) is 10.6 Å². The molecule has 1 aromatic carbocycles. The lowest BCUT2D eigenvalue weighted by Crippen LogP contribution is -2.39. The molecular weight excluding hydrogens is 413 g/mol. The van der Waals surface area contributed by atoms with E-state index in [2.05, 4.69) is 20.9 Å². The van der Waals surface area contributed by atoms with Crippen molar-refractivity contribution in [3.8, 4) is 5.75 Å². The molecule has 2 aromatic rings. The number of aromatic hydroxyl groups is 1. The van der Waals surface area contributed by atoms with E-state index in [9.17, 15) is 23.9 Å². The predicted molar refractivity (Wildman–Crippen MR) is 112 cm³/mol. The molecule has 2 N–H and O–H groups in total. The summed E-state index contributed by atoms with van der Waals surface area (Å²) in [6, 6.07) is 3.49. The van der Waals surface area contributed by atoms with Crippen LogP contribution in [0, 0.1) is 5.82 Å². The number of rotatable bonds is 4. The first kappa shape index (κ1) is 21.7. The number of benzene rings is 1. The van der Waals surface area contributed by atoms with E-state index < -0.39 is 39.4 Å². The highest BCUT2D eigenvalue weighted by atomic mass is 32.2. The highest BCUT2D eigenvalue weighted by Gasteiger charge is 2.35. The monoisotopic (exact) mass is 435 g/mol. The maximum atomic E-state index is 13.5. The van der Waals surface area contributed by atoms with Gasteiger partial charge >= 0.3 is 5.97 Å². The minimum absolute atomic E-state index is 0.0391. The van der Waals surface area contributed by atoms with Crippen LogP contribution in [0.5, 0.6) is 5.75 Å². The summed E-state index contributed by atoms with van der Waals surface area (Å²) in [5.74, 6) is 2.27. The number of hydrogen-bond donors (Lipinski definition) is 2. The smallest absolute Gasteiger partial charge is 0.338 e. The number of fused-ring (bicyclic) bond motifs is 1. The number of carbonyl (C=O) groups is 2. The number of amides is 1. The van der Waals surface area contributed by atoms with Crippen LogP contribution in [0.4, 0.5) is 4.39 Å². The molecule has 10 heteroatoms. The summed E-state index contributed by atoms with van der Waals surface area (Å²) in [6.07, 6.45) is 0. The van der Waals surface area contributed by atoms with Gasteiger partial charge in [0, 0.05) is 18.8 Å². The van der Waals surface area contributed by atoms with E-state index in [1.807, 2.05) is 13.8 Å². The summed E-state index contributed by atoms with van der Waals surface area (Å²) < 4.78 is 18.9. The SMILES string of the molecule is C=S1CCn2c(nc(C(=O)NCc3ccc(F)cc3C(=O)OC)c(O)c2=O)C1(C)C. The standard InChI is InChI=1S/C20H22FN3O5S/c1-20(2)19-23-14(15(25)17(27)24(19)7-8-30(20)4)16(26)22-10-11-5-6-12(21)9-13(11)18(28)29-3/h5-6,9,25H,4,7-8,10H2,1-3H3,(H,22,26). The van der Waals surface area contributed by atoms with Gasteiger partial charge in [0.1, 0.15) is 11.6 Å². The van der Waals surface area contributed by atoms with Gasteiger partial charge in [0.05, 0.1) is 17.4 Å². The Hall–Kier alpha value is -3.01. The molecule has 0 aliphatic carbocycles. The molecule has 0 saturated carbocycles. The van der Waals surface area contributed by atoms with Gasteiger partial charge in [-0.15, -0.1) is 0 Å². The van der Waals surface area contributed by atoms with Gasteiger partial charge in [-0.05, 0) is 31.5 Å². The molecular formula is C20H22FN3O5S. The first-order valence-electron chi connectivity index (χ1n) is 9.07. The third kappa shape index (κ3) is 3.74. The zero-order valence-corrected chi connectivity index (χ0v) is 17.6. The van der Waals surface area contributed by atoms with Crippen LogP contribution in [0.15, 0.2) is 23.0 Å². The van der Waals surface area contributed by atoms with Crippen LogP contribution in [0.1, 0.15) is 46.1 Å². The lowest BCUT2D eigenvalue weighted by Gasteiger charge is -2.35. The van der Waals surface area contributed by atoms with Crippen molar-refractivity contribution >= 4 is 28.2 Å². The number of halogens is 1. The summed E-state index contributed by atoms with van der Waals surface area (Å²) in [5.41, 5.74) is -0.819. The first-order chi connectivity index (χ1) is 14.1. The lowest BCUT2D eigenvalue weighted by atomic mass is 10.1. The van der Waals surface area contributed by atoms with E-state index in [4.69, 9.17) is 0 Å². The van der Waals surface area contributed by atoms with Crippen LogP contribution in [0.25, 0.3) is 0 Å². The van der Waals surface area contributed by atoms with Gasteiger partial charge in [-0.3, -0.25) is 14.2 Å². The summed E-state index contributed by atoms with van der Waals surface area (Å²) in [6.45, 7) is 3.98. The maximum Gasteiger partial charge on any atom is 0.338 e. The third-order valence-electron chi connectivity index (χ3n) is 5.10. The summed E-state index contributed by atoms with van der Waals surface area (Å²) in [4.78, 5) is 41.5. The Morgan fingerprint density at radius 2 is 2.13 bits per heavy atom. The summed E-state index contributed by atoms with van der Waals surface area (Å²) >= 11 is 0. The molecule has 1 amide bonds. The van der Waals surface area contributed by atoms with Crippen LogP contribution in [0.2, 0.25) is 0 Å². The van der Waals surface area contributed by atoms with Crippen LogP contribution >= 0.6 is 10.5 Å². The second-order valence-corrected chi connectivity index (χ2v) is 9.69. The molecule has 0 fully saturated rings. The highest BCUT2D eigenvalue weighted by molar-refractivity contribution is 8.14. The average Bonchev–Trinajstić information content (AvgIpc) is 2.71.